The molecule has 4 aromatic heterocycles. The Kier molecular flexibility index (Phi) is 7.33. The average molecular weight is 492 g/mol. The van der Waals surface area contributed by atoms with Crippen molar-refractivity contribution in [1.29, 1.82) is 0 Å². The molecule has 186 valence electrons. The molecule has 5 rings (SSSR count). The van der Waals surface area contributed by atoms with Crippen LogP contribution in [0.2, 0.25) is 0 Å². The number of aromatic amines is 1. The zero-order valence-electron chi connectivity index (χ0n) is 20.7. The van der Waals surface area contributed by atoms with Crippen LogP contribution in [0.15, 0.2) is 79.3 Å². The molecule has 7 heteroatoms. The number of nitrogens with one attached hydrogen (secondary N) is 2. The number of hydrogen-bond donors (Lipinski definition) is 3. The highest BCUT2D eigenvalue weighted by atomic mass is 16.4. The normalized spacial score (nSPS) is 11.2. The van der Waals surface area contributed by atoms with Gasteiger partial charge in [-0.05, 0) is 73.3 Å². The Morgan fingerprint density at radius 3 is 2.57 bits per heavy atom. The topological polar surface area (TPSA) is 104 Å². The minimum Gasteiger partial charge on any atom is -0.481 e. The zero-order chi connectivity index (χ0) is 25.6. The molecule has 0 aliphatic carbocycles. The van der Waals surface area contributed by atoms with Gasteiger partial charge in [-0.2, -0.15) is 0 Å². The molecule has 0 amide bonds. The predicted octanol–water partition coefficient (Wildman–Crippen LogP) is 6.01. The second-order valence-corrected chi connectivity index (χ2v) is 9.15. The molecule has 0 radical (unpaired) electrons. The Bertz CT molecular complexity index is 1530. The van der Waals surface area contributed by atoms with Gasteiger partial charge in [-0.1, -0.05) is 30.3 Å². The molecule has 7 nitrogen and oxygen atoms in total. The molecule has 5 aromatic rings. The monoisotopic (exact) mass is 491 g/mol. The molecule has 4 heterocycles. The number of pyridine rings is 3. The van der Waals surface area contributed by atoms with E-state index in [1.54, 1.807) is 0 Å². The van der Waals surface area contributed by atoms with Crippen LogP contribution in [0.5, 0.6) is 0 Å². The number of aromatic nitrogens is 4. The van der Waals surface area contributed by atoms with Crippen molar-refractivity contribution in [3.8, 4) is 33.6 Å². The second kappa shape index (κ2) is 11.1. The summed E-state index contributed by atoms with van der Waals surface area (Å²) in [4.78, 5) is 27.9. The van der Waals surface area contributed by atoms with Crippen molar-refractivity contribution in [3.05, 3.63) is 90.5 Å². The van der Waals surface area contributed by atoms with Crippen LogP contribution < -0.4 is 5.32 Å². The molecule has 3 N–H and O–H groups in total. The maximum Gasteiger partial charge on any atom is 0.303 e. The lowest BCUT2D eigenvalue weighted by molar-refractivity contribution is -0.137. The number of unbranched alkanes of at least 4 members (excludes halogenated alkanes) is 1. The van der Waals surface area contributed by atoms with E-state index in [1.165, 1.54) is 5.56 Å². The van der Waals surface area contributed by atoms with E-state index in [0.717, 1.165) is 69.9 Å². The van der Waals surface area contributed by atoms with E-state index in [0.29, 0.717) is 6.42 Å². The van der Waals surface area contributed by atoms with Gasteiger partial charge in [0.05, 0.1) is 11.4 Å². The molecule has 0 aliphatic heterocycles. The number of hydrogen-bond acceptors (Lipinski definition) is 5. The Balaban J connectivity index is 1.35. The first-order valence-corrected chi connectivity index (χ1v) is 12.5. The number of aliphatic carboxylic acids is 1. The van der Waals surface area contributed by atoms with Crippen LogP contribution in [0, 0.1) is 6.92 Å². The number of rotatable bonds is 10. The third-order valence-electron chi connectivity index (χ3n) is 6.34. The number of aryl methyl sites for hydroxylation is 1. The molecular formula is C30H29N5O2. The fraction of sp³-hybridized carbons (Fsp3) is 0.200. The predicted molar refractivity (Wildman–Crippen MR) is 146 cm³/mol. The summed E-state index contributed by atoms with van der Waals surface area (Å²) in [6, 6.07) is 20.7. The Hall–Kier alpha value is -4.36. The van der Waals surface area contributed by atoms with E-state index in [1.807, 2.05) is 49.8 Å². The summed E-state index contributed by atoms with van der Waals surface area (Å²) in [5.74, 6) is -0.737. The summed E-state index contributed by atoms with van der Waals surface area (Å²) in [7, 11) is 0. The molecular weight excluding hydrogens is 462 g/mol. The maximum absolute atomic E-state index is 10.6. The fourth-order valence-electron chi connectivity index (χ4n) is 4.41. The number of fused-ring (bicyclic) bond motifs is 1. The highest BCUT2D eigenvalue weighted by molar-refractivity contribution is 5.95. The molecule has 1 aromatic carbocycles. The lowest BCUT2D eigenvalue weighted by Crippen LogP contribution is -2.14. The lowest BCUT2D eigenvalue weighted by atomic mass is 9.99. The number of carboxylic acids is 1. The van der Waals surface area contributed by atoms with Gasteiger partial charge in [-0.15, -0.1) is 0 Å². The molecule has 0 aliphatic rings. The van der Waals surface area contributed by atoms with Crippen molar-refractivity contribution < 1.29 is 9.90 Å². The standard InChI is InChI=1S/C30H29N5O2/c1-20-5-4-6-27(34-20)28-16-26(25-12-14-33-30(25)35-28)24-15-23(18-32-19-24)22-10-8-21(9-11-22)17-31-13-3-2-7-29(36)37/h4-6,8-12,14-16,18-19,31H,2-3,7,13,17H2,1H3,(H,33,35)(H,36,37). The van der Waals surface area contributed by atoms with Gasteiger partial charge in [0.25, 0.3) is 0 Å². The molecule has 37 heavy (non-hydrogen) atoms. The fourth-order valence-corrected chi connectivity index (χ4v) is 4.41. The van der Waals surface area contributed by atoms with Gasteiger partial charge in [0, 0.05) is 53.8 Å². The number of H-pyrrole nitrogens is 1. The SMILES string of the molecule is Cc1cccc(-c2cc(-c3cncc(-c4ccc(CNCCCCC(=O)O)cc4)c3)c3cc[nH]c3n2)n1. The van der Waals surface area contributed by atoms with Crippen molar-refractivity contribution in [2.75, 3.05) is 6.54 Å². The highest BCUT2D eigenvalue weighted by Gasteiger charge is 2.13. The third kappa shape index (κ3) is 5.90. The van der Waals surface area contributed by atoms with Gasteiger partial charge < -0.3 is 15.4 Å². The summed E-state index contributed by atoms with van der Waals surface area (Å²) in [5.41, 5.74) is 8.83. The van der Waals surface area contributed by atoms with E-state index < -0.39 is 5.97 Å². The smallest absolute Gasteiger partial charge is 0.303 e. The van der Waals surface area contributed by atoms with Gasteiger partial charge in [0.15, 0.2) is 0 Å². The van der Waals surface area contributed by atoms with E-state index >= 15 is 0 Å². The molecule has 0 spiro atoms. The molecule has 0 saturated heterocycles. The van der Waals surface area contributed by atoms with Crippen molar-refractivity contribution >= 4 is 17.0 Å². The Morgan fingerprint density at radius 2 is 1.76 bits per heavy atom. The average Bonchev–Trinajstić information content (AvgIpc) is 3.39. The third-order valence-corrected chi connectivity index (χ3v) is 6.34. The summed E-state index contributed by atoms with van der Waals surface area (Å²) in [6.07, 6.45) is 7.46. The summed E-state index contributed by atoms with van der Waals surface area (Å²) < 4.78 is 0. The number of nitrogens with zero attached hydrogens (tertiary/aromatic N) is 3. The highest BCUT2D eigenvalue weighted by Crippen LogP contribution is 2.33. The van der Waals surface area contributed by atoms with Crippen LogP contribution in [0.3, 0.4) is 0 Å². The largest absolute Gasteiger partial charge is 0.481 e. The maximum atomic E-state index is 10.6. The number of carbonyl (C=O) groups is 1. The van der Waals surface area contributed by atoms with Crippen molar-refractivity contribution in [3.63, 3.8) is 0 Å². The van der Waals surface area contributed by atoms with Crippen LogP contribution >= 0.6 is 0 Å². The Morgan fingerprint density at radius 1 is 0.919 bits per heavy atom. The molecule has 0 atom stereocenters. The van der Waals surface area contributed by atoms with Crippen LogP contribution in [0.1, 0.15) is 30.5 Å². The van der Waals surface area contributed by atoms with E-state index in [2.05, 4.69) is 56.7 Å². The van der Waals surface area contributed by atoms with Crippen molar-refractivity contribution in [2.24, 2.45) is 0 Å². The van der Waals surface area contributed by atoms with Gasteiger partial charge in [-0.3, -0.25) is 14.8 Å². The number of carboxylic acid groups (broad SMARTS) is 1. The summed E-state index contributed by atoms with van der Waals surface area (Å²) in [5, 5.41) is 13.1. The second-order valence-electron chi connectivity index (χ2n) is 9.15. The summed E-state index contributed by atoms with van der Waals surface area (Å²) in [6.45, 7) is 3.54. The molecule has 0 bridgehead atoms. The van der Waals surface area contributed by atoms with Crippen molar-refractivity contribution in [2.45, 2.75) is 32.7 Å². The first-order chi connectivity index (χ1) is 18.1. The van der Waals surface area contributed by atoms with Crippen molar-refractivity contribution in [1.82, 2.24) is 25.3 Å². The minimum absolute atomic E-state index is 0.225. The van der Waals surface area contributed by atoms with E-state index in [-0.39, 0.29) is 6.42 Å². The van der Waals surface area contributed by atoms with E-state index in [9.17, 15) is 4.79 Å². The van der Waals surface area contributed by atoms with Gasteiger partial charge >= 0.3 is 5.97 Å². The van der Waals surface area contributed by atoms with Crippen LogP contribution in [-0.2, 0) is 11.3 Å². The molecule has 0 fully saturated rings. The van der Waals surface area contributed by atoms with Crippen LogP contribution in [-0.4, -0.2) is 37.6 Å². The molecule has 0 unspecified atom stereocenters. The minimum atomic E-state index is -0.737. The van der Waals surface area contributed by atoms with Gasteiger partial charge in [-0.25, -0.2) is 4.98 Å². The van der Waals surface area contributed by atoms with Crippen LogP contribution in [0.25, 0.3) is 44.7 Å². The molecule has 0 saturated carbocycles. The first kappa shape index (κ1) is 24.3. The Labute approximate surface area is 215 Å². The lowest BCUT2D eigenvalue weighted by Gasteiger charge is -2.10. The first-order valence-electron chi connectivity index (χ1n) is 12.5. The van der Waals surface area contributed by atoms with Gasteiger partial charge in [0.2, 0.25) is 0 Å². The number of benzene rings is 1. The van der Waals surface area contributed by atoms with E-state index in [4.69, 9.17) is 10.1 Å². The van der Waals surface area contributed by atoms with Crippen LogP contribution in [0.4, 0.5) is 0 Å². The quantitative estimate of drug-likeness (QED) is 0.207. The van der Waals surface area contributed by atoms with Gasteiger partial charge in [0.1, 0.15) is 5.65 Å². The zero-order valence-corrected chi connectivity index (χ0v) is 20.7. The summed E-state index contributed by atoms with van der Waals surface area (Å²) >= 11 is 0.